The first-order valence-corrected chi connectivity index (χ1v) is 10.4. The van der Waals surface area contributed by atoms with Crippen LogP contribution in [-0.4, -0.2) is 84.4 Å². The third-order valence-corrected chi connectivity index (χ3v) is 7.09. The van der Waals surface area contributed by atoms with Crippen molar-refractivity contribution in [2.75, 3.05) is 45.8 Å². The van der Waals surface area contributed by atoms with Gasteiger partial charge in [0, 0.05) is 31.6 Å². The Morgan fingerprint density at radius 2 is 1.86 bits per heavy atom. The molecule has 5 aliphatic rings. The summed E-state index contributed by atoms with van der Waals surface area (Å²) in [7, 11) is 0. The molecule has 28 heavy (non-hydrogen) atoms. The van der Waals surface area contributed by atoms with Crippen LogP contribution in [0.2, 0.25) is 0 Å². The Morgan fingerprint density at radius 3 is 2.57 bits per heavy atom. The number of hydrogen-bond donors (Lipinski definition) is 1. The van der Waals surface area contributed by atoms with Gasteiger partial charge >= 0.3 is 0 Å². The van der Waals surface area contributed by atoms with Crippen LogP contribution in [-0.2, 0) is 9.59 Å². The highest BCUT2D eigenvalue weighted by Gasteiger charge is 2.54. The molecule has 7 heteroatoms. The Kier molecular flexibility index (Phi) is 4.59. The maximum atomic E-state index is 13.4. The van der Waals surface area contributed by atoms with Gasteiger partial charge in [-0.3, -0.25) is 19.4 Å². The van der Waals surface area contributed by atoms with Gasteiger partial charge in [0.2, 0.25) is 11.8 Å². The van der Waals surface area contributed by atoms with Gasteiger partial charge in [0.1, 0.15) is 5.82 Å². The van der Waals surface area contributed by atoms with Crippen LogP contribution < -0.4 is 5.32 Å². The van der Waals surface area contributed by atoms with Gasteiger partial charge in [-0.2, -0.15) is 0 Å². The van der Waals surface area contributed by atoms with Gasteiger partial charge in [0.25, 0.3) is 0 Å². The molecular weight excluding hydrogens is 359 g/mol. The van der Waals surface area contributed by atoms with Crippen LogP contribution >= 0.6 is 0 Å². The van der Waals surface area contributed by atoms with Gasteiger partial charge in [-0.15, -0.1) is 0 Å². The van der Waals surface area contributed by atoms with Crippen molar-refractivity contribution >= 4 is 11.8 Å². The van der Waals surface area contributed by atoms with E-state index in [1.54, 1.807) is 0 Å². The third kappa shape index (κ3) is 3.10. The van der Waals surface area contributed by atoms with Crippen molar-refractivity contribution in [2.24, 2.45) is 5.92 Å². The molecule has 0 saturated carbocycles. The zero-order chi connectivity index (χ0) is 19.3. The summed E-state index contributed by atoms with van der Waals surface area (Å²) >= 11 is 0. The number of amides is 2. The number of nitrogens with zero attached hydrogens (tertiary/aromatic N) is 3. The number of fused-ring (bicyclic) bond motifs is 2. The summed E-state index contributed by atoms with van der Waals surface area (Å²) in [5.41, 5.74) is 1.12. The van der Waals surface area contributed by atoms with Crippen LogP contribution in [0.5, 0.6) is 0 Å². The molecular formula is C21H27FN4O2. The maximum Gasteiger partial charge on any atom is 0.237 e. The second kappa shape index (κ2) is 7.12. The predicted molar refractivity (Wildman–Crippen MR) is 102 cm³/mol. The van der Waals surface area contributed by atoms with Crippen molar-refractivity contribution in [3.8, 4) is 0 Å². The third-order valence-electron chi connectivity index (χ3n) is 7.09. The summed E-state index contributed by atoms with van der Waals surface area (Å²) in [5.74, 6) is 0.671. The van der Waals surface area contributed by atoms with Crippen molar-refractivity contribution in [1.82, 2.24) is 20.0 Å². The Bertz CT molecular complexity index is 762. The van der Waals surface area contributed by atoms with E-state index in [4.69, 9.17) is 0 Å². The number of hydrogen-bond acceptors (Lipinski definition) is 4. The number of rotatable bonds is 3. The fourth-order valence-corrected chi connectivity index (χ4v) is 5.82. The number of benzene rings is 1. The van der Waals surface area contributed by atoms with Gasteiger partial charge < -0.3 is 10.2 Å². The SMILES string of the molecule is O=C1CN(CC(=O)N2C[C@H](c3ccc(F)cc3)[C@H]3[C@@H]2C2CCN3CC2)CCN1. The molecule has 5 fully saturated rings. The zero-order valence-electron chi connectivity index (χ0n) is 16.0. The lowest BCUT2D eigenvalue weighted by atomic mass is 9.75. The number of piperidine rings is 3. The van der Waals surface area contributed by atoms with E-state index < -0.39 is 0 Å². The molecule has 0 unspecified atom stereocenters. The molecule has 1 aromatic carbocycles. The normalized spacial score (nSPS) is 35.0. The average Bonchev–Trinajstić information content (AvgIpc) is 3.13. The van der Waals surface area contributed by atoms with E-state index in [2.05, 4.69) is 15.1 Å². The molecule has 6 rings (SSSR count). The fourth-order valence-electron chi connectivity index (χ4n) is 5.82. The largest absolute Gasteiger partial charge is 0.354 e. The smallest absolute Gasteiger partial charge is 0.237 e. The number of carbonyl (C=O) groups excluding carboxylic acids is 2. The minimum absolute atomic E-state index is 0.00892. The Balaban J connectivity index is 1.39. The van der Waals surface area contributed by atoms with E-state index in [1.165, 1.54) is 12.1 Å². The van der Waals surface area contributed by atoms with Crippen molar-refractivity contribution in [1.29, 1.82) is 0 Å². The summed E-state index contributed by atoms with van der Waals surface area (Å²) in [6, 6.07) is 7.37. The minimum Gasteiger partial charge on any atom is -0.354 e. The molecule has 5 aliphatic heterocycles. The second-order valence-electron chi connectivity index (χ2n) is 8.62. The van der Waals surface area contributed by atoms with Crippen molar-refractivity contribution in [3.63, 3.8) is 0 Å². The predicted octanol–water partition coefficient (Wildman–Crippen LogP) is 0.646. The van der Waals surface area contributed by atoms with E-state index in [1.807, 2.05) is 17.0 Å². The summed E-state index contributed by atoms with van der Waals surface area (Å²) < 4.78 is 13.4. The number of likely N-dealkylation sites (tertiary alicyclic amines) is 1. The first-order valence-electron chi connectivity index (χ1n) is 10.4. The van der Waals surface area contributed by atoms with Crippen LogP contribution in [0.4, 0.5) is 4.39 Å². The Hall–Kier alpha value is -1.99. The lowest BCUT2D eigenvalue weighted by Crippen LogP contribution is -2.61. The van der Waals surface area contributed by atoms with E-state index in [0.29, 0.717) is 38.1 Å². The van der Waals surface area contributed by atoms with Crippen LogP contribution in [0, 0.1) is 11.7 Å². The van der Waals surface area contributed by atoms with Gasteiger partial charge in [-0.1, -0.05) is 12.1 Å². The van der Waals surface area contributed by atoms with Crippen LogP contribution in [0.3, 0.4) is 0 Å². The van der Waals surface area contributed by atoms with Gasteiger partial charge in [0.05, 0.1) is 19.1 Å². The van der Waals surface area contributed by atoms with E-state index in [-0.39, 0.29) is 29.6 Å². The molecule has 1 aromatic rings. The lowest BCUT2D eigenvalue weighted by Gasteiger charge is -2.51. The summed E-state index contributed by atoms with van der Waals surface area (Å²) in [5, 5.41) is 2.81. The first kappa shape index (κ1) is 18.1. The molecule has 3 atom stereocenters. The van der Waals surface area contributed by atoms with Crippen molar-refractivity contribution in [2.45, 2.75) is 30.8 Å². The molecule has 5 saturated heterocycles. The number of piperazine rings is 1. The highest BCUT2D eigenvalue weighted by atomic mass is 19.1. The Morgan fingerprint density at radius 1 is 1.11 bits per heavy atom. The molecule has 2 bridgehead atoms. The molecule has 2 amide bonds. The number of carbonyl (C=O) groups is 2. The molecule has 0 spiro atoms. The molecule has 0 aromatic heterocycles. The summed E-state index contributed by atoms with van der Waals surface area (Å²) in [6.07, 6.45) is 2.29. The van der Waals surface area contributed by atoms with Gasteiger partial charge in [0.15, 0.2) is 0 Å². The van der Waals surface area contributed by atoms with E-state index >= 15 is 0 Å². The van der Waals surface area contributed by atoms with Crippen LogP contribution in [0.25, 0.3) is 0 Å². The summed E-state index contributed by atoms with van der Waals surface area (Å²) in [6.45, 7) is 4.80. The van der Waals surface area contributed by atoms with Crippen LogP contribution in [0.15, 0.2) is 24.3 Å². The zero-order valence-corrected chi connectivity index (χ0v) is 16.0. The van der Waals surface area contributed by atoms with E-state index in [9.17, 15) is 14.0 Å². The molecule has 1 N–H and O–H groups in total. The highest BCUT2D eigenvalue weighted by molar-refractivity contribution is 5.82. The number of halogens is 1. The van der Waals surface area contributed by atoms with Gasteiger partial charge in [-0.25, -0.2) is 4.39 Å². The molecule has 6 nitrogen and oxygen atoms in total. The maximum absolute atomic E-state index is 13.4. The monoisotopic (exact) mass is 386 g/mol. The van der Waals surface area contributed by atoms with Crippen molar-refractivity contribution in [3.05, 3.63) is 35.6 Å². The van der Waals surface area contributed by atoms with Crippen molar-refractivity contribution < 1.29 is 14.0 Å². The topological polar surface area (TPSA) is 55.9 Å². The highest BCUT2D eigenvalue weighted by Crippen LogP contribution is 2.46. The molecule has 0 aliphatic carbocycles. The average molecular weight is 386 g/mol. The number of nitrogens with one attached hydrogen (secondary N) is 1. The lowest BCUT2D eigenvalue weighted by molar-refractivity contribution is -0.138. The Labute approximate surface area is 164 Å². The van der Waals surface area contributed by atoms with E-state index in [0.717, 1.165) is 38.0 Å². The molecule has 5 heterocycles. The standard InChI is InChI=1S/C21H27FN4O2/c22-16-3-1-14(2-4-16)17-11-26(19(28)13-24-10-7-23-18(27)12-24)20-15-5-8-25(9-6-15)21(17)20/h1-4,15,17,20-21H,5-13H2,(H,23,27)/t17-,20+,21+/m1/s1. The van der Waals surface area contributed by atoms with Gasteiger partial charge in [-0.05, 0) is 49.5 Å². The van der Waals surface area contributed by atoms with Crippen LogP contribution in [0.1, 0.15) is 24.3 Å². The molecule has 150 valence electrons. The minimum atomic E-state index is -0.222. The quantitative estimate of drug-likeness (QED) is 0.829. The molecule has 0 radical (unpaired) electrons. The second-order valence-corrected chi connectivity index (χ2v) is 8.62. The fraction of sp³-hybridized carbons (Fsp3) is 0.619. The first-order chi connectivity index (χ1) is 13.6. The summed E-state index contributed by atoms with van der Waals surface area (Å²) in [4.78, 5) is 31.5.